The minimum absolute atomic E-state index is 0.374. The molecule has 0 fully saturated rings. The number of azo groups is 1. The van der Waals surface area contributed by atoms with Crippen molar-refractivity contribution in [3.63, 3.8) is 0 Å². The van der Waals surface area contributed by atoms with Crippen molar-refractivity contribution in [3.05, 3.63) is 46.9 Å². The normalized spacial score (nSPS) is 11.2. The Morgan fingerprint density at radius 3 is 2.15 bits per heavy atom. The van der Waals surface area contributed by atoms with E-state index in [1.165, 1.54) is 0 Å². The molecule has 0 saturated heterocycles. The Morgan fingerprint density at radius 2 is 1.60 bits per heavy atom. The quantitative estimate of drug-likeness (QED) is 0.643. The van der Waals surface area contributed by atoms with E-state index in [1.807, 2.05) is 9.97 Å². The number of halogens is 3. The van der Waals surface area contributed by atoms with Crippen LogP contribution in [0.25, 0.3) is 0 Å². The lowest BCUT2D eigenvalue weighted by molar-refractivity contribution is 0.450. The highest BCUT2D eigenvalue weighted by Gasteiger charge is 2.10. The molecule has 0 bridgehead atoms. The number of H-pyrrole nitrogens is 2. The first-order chi connectivity index (χ1) is 9.38. The predicted molar refractivity (Wildman–Crippen MR) is 80.4 cm³/mol. The molecule has 20 heavy (non-hydrogen) atoms. The molecule has 3 N–H and O–H groups in total. The van der Waals surface area contributed by atoms with Crippen molar-refractivity contribution < 1.29 is 5.11 Å². The fourth-order valence-corrected chi connectivity index (χ4v) is 3.12. The molecule has 0 saturated carbocycles. The van der Waals surface area contributed by atoms with E-state index < -0.39 is 22.8 Å². The van der Waals surface area contributed by atoms with Crippen LogP contribution in [0.4, 0.5) is 11.4 Å². The third-order valence-electron chi connectivity index (χ3n) is 2.13. The SMILES string of the molecule is O=c1[nH]c(O)c(N=Nc2c(Br)cc(Cl)cc2Br)c(=O)[nH]1. The van der Waals surface area contributed by atoms with Crippen LogP contribution < -0.4 is 11.2 Å². The number of nitrogens with zero attached hydrogens (tertiary/aromatic N) is 2. The van der Waals surface area contributed by atoms with Crippen molar-refractivity contribution in [2.75, 3.05) is 0 Å². The second-order valence-electron chi connectivity index (χ2n) is 3.52. The molecular weight excluding hydrogens is 419 g/mol. The highest BCUT2D eigenvalue weighted by Crippen LogP contribution is 2.37. The maximum atomic E-state index is 11.5. The average Bonchev–Trinajstić information content (AvgIpc) is 2.30. The zero-order valence-corrected chi connectivity index (χ0v) is 13.4. The molecule has 0 aliphatic rings. The molecule has 2 aromatic rings. The van der Waals surface area contributed by atoms with E-state index >= 15 is 0 Å². The van der Waals surface area contributed by atoms with Crippen LogP contribution in [-0.4, -0.2) is 15.1 Å². The second-order valence-corrected chi connectivity index (χ2v) is 5.67. The Labute approximate surface area is 133 Å². The van der Waals surface area contributed by atoms with E-state index in [0.29, 0.717) is 19.7 Å². The van der Waals surface area contributed by atoms with E-state index in [-0.39, 0.29) is 0 Å². The molecule has 10 heteroatoms. The summed E-state index contributed by atoms with van der Waals surface area (Å²) in [5, 5.41) is 17.4. The Morgan fingerprint density at radius 1 is 1.05 bits per heavy atom. The van der Waals surface area contributed by atoms with Crippen LogP contribution in [0.15, 0.2) is 40.9 Å². The van der Waals surface area contributed by atoms with Gasteiger partial charge in [-0.15, -0.1) is 10.2 Å². The lowest BCUT2D eigenvalue weighted by atomic mass is 10.3. The van der Waals surface area contributed by atoms with Crippen molar-refractivity contribution in [2.24, 2.45) is 10.2 Å². The molecule has 0 spiro atoms. The van der Waals surface area contributed by atoms with Gasteiger partial charge in [-0.25, -0.2) is 4.79 Å². The third kappa shape index (κ3) is 3.17. The van der Waals surface area contributed by atoms with Crippen molar-refractivity contribution >= 4 is 54.8 Å². The molecular formula is C10H5Br2ClN4O3. The summed E-state index contributed by atoms with van der Waals surface area (Å²) in [5.74, 6) is -0.663. The number of hydrogen-bond acceptors (Lipinski definition) is 5. The van der Waals surface area contributed by atoms with Gasteiger partial charge in [0.2, 0.25) is 11.6 Å². The van der Waals surface area contributed by atoms with E-state index in [0.717, 1.165) is 0 Å². The van der Waals surface area contributed by atoms with Gasteiger partial charge in [-0.05, 0) is 44.0 Å². The Kier molecular flexibility index (Phi) is 4.41. The monoisotopic (exact) mass is 422 g/mol. The van der Waals surface area contributed by atoms with Crippen LogP contribution in [0.2, 0.25) is 5.02 Å². The maximum absolute atomic E-state index is 11.5. The minimum atomic E-state index is -0.851. The van der Waals surface area contributed by atoms with Crippen LogP contribution in [0.5, 0.6) is 5.88 Å². The summed E-state index contributed by atoms with van der Waals surface area (Å²) in [6.07, 6.45) is 0. The lowest BCUT2D eigenvalue weighted by Crippen LogP contribution is -2.20. The van der Waals surface area contributed by atoms with Crippen LogP contribution in [0.1, 0.15) is 0 Å². The molecule has 0 unspecified atom stereocenters. The van der Waals surface area contributed by atoms with Gasteiger partial charge in [0.15, 0.2) is 0 Å². The smallest absolute Gasteiger partial charge is 0.328 e. The highest BCUT2D eigenvalue weighted by atomic mass is 79.9. The predicted octanol–water partition coefficient (Wildman–Crippen LogP) is 3.36. The first-order valence-electron chi connectivity index (χ1n) is 5.00. The first-order valence-corrected chi connectivity index (χ1v) is 6.96. The molecule has 0 atom stereocenters. The van der Waals surface area contributed by atoms with Gasteiger partial charge in [-0.2, -0.15) is 0 Å². The van der Waals surface area contributed by atoms with Gasteiger partial charge >= 0.3 is 5.69 Å². The largest absolute Gasteiger partial charge is 0.493 e. The number of aromatic hydroxyl groups is 1. The van der Waals surface area contributed by atoms with Gasteiger partial charge in [-0.1, -0.05) is 11.6 Å². The van der Waals surface area contributed by atoms with E-state index in [4.69, 9.17) is 11.6 Å². The lowest BCUT2D eigenvalue weighted by Gasteiger charge is -2.01. The zero-order valence-electron chi connectivity index (χ0n) is 9.45. The summed E-state index contributed by atoms with van der Waals surface area (Å²) in [6, 6.07) is 3.19. The molecule has 1 aromatic carbocycles. The Hall–Kier alpha value is -1.45. The van der Waals surface area contributed by atoms with Gasteiger partial charge in [0.05, 0.1) is 0 Å². The molecule has 0 radical (unpaired) electrons. The third-order valence-corrected chi connectivity index (χ3v) is 3.56. The Balaban J connectivity index is 2.51. The summed E-state index contributed by atoms with van der Waals surface area (Å²) in [4.78, 5) is 26.3. The highest BCUT2D eigenvalue weighted by molar-refractivity contribution is 9.11. The molecule has 104 valence electrons. The van der Waals surface area contributed by atoms with Crippen LogP contribution in [0, 0.1) is 0 Å². The number of rotatable bonds is 2. The summed E-state index contributed by atoms with van der Waals surface area (Å²) >= 11 is 12.3. The standard InChI is InChI=1S/C10H5Br2ClN4O3/c11-4-1-3(13)2-5(12)6(4)16-17-7-8(18)14-10(20)15-9(7)19/h1-2H,(H3,14,15,18,19,20). The van der Waals surface area contributed by atoms with Crippen LogP contribution >= 0.6 is 43.5 Å². The molecule has 2 rings (SSSR count). The fraction of sp³-hybridized carbons (Fsp3) is 0. The minimum Gasteiger partial charge on any atom is -0.493 e. The number of nitrogens with one attached hydrogen (secondary N) is 2. The topological polar surface area (TPSA) is 111 Å². The van der Waals surface area contributed by atoms with Gasteiger partial charge in [-0.3, -0.25) is 14.8 Å². The zero-order chi connectivity index (χ0) is 14.9. The van der Waals surface area contributed by atoms with Crippen molar-refractivity contribution in [1.82, 2.24) is 9.97 Å². The summed E-state index contributed by atoms with van der Waals surface area (Å²) in [6.45, 7) is 0. The number of hydrogen-bond donors (Lipinski definition) is 3. The number of aromatic amines is 2. The fourth-order valence-electron chi connectivity index (χ4n) is 1.29. The van der Waals surface area contributed by atoms with E-state index in [1.54, 1.807) is 12.1 Å². The van der Waals surface area contributed by atoms with Crippen molar-refractivity contribution in [3.8, 4) is 5.88 Å². The van der Waals surface area contributed by atoms with Gasteiger partial charge in [0, 0.05) is 14.0 Å². The molecule has 0 amide bonds. The van der Waals surface area contributed by atoms with Crippen LogP contribution in [-0.2, 0) is 0 Å². The Bertz CT molecular complexity index is 792. The number of aromatic nitrogens is 2. The molecule has 0 aliphatic heterocycles. The maximum Gasteiger partial charge on any atom is 0.328 e. The van der Waals surface area contributed by atoms with E-state index in [9.17, 15) is 14.7 Å². The summed E-state index contributed by atoms with van der Waals surface area (Å²) in [5.41, 5.74) is -1.71. The van der Waals surface area contributed by atoms with Gasteiger partial charge in [0.25, 0.3) is 5.56 Å². The average molecular weight is 424 g/mol. The first kappa shape index (κ1) is 14.9. The van der Waals surface area contributed by atoms with Crippen molar-refractivity contribution in [1.29, 1.82) is 0 Å². The number of benzene rings is 1. The summed E-state index contributed by atoms with van der Waals surface area (Å²) in [7, 11) is 0. The van der Waals surface area contributed by atoms with Gasteiger partial charge < -0.3 is 5.11 Å². The van der Waals surface area contributed by atoms with Gasteiger partial charge in [0.1, 0.15) is 5.69 Å². The molecule has 1 heterocycles. The second kappa shape index (κ2) is 5.90. The molecule has 1 aromatic heterocycles. The summed E-state index contributed by atoms with van der Waals surface area (Å²) < 4.78 is 1.09. The molecule has 7 nitrogen and oxygen atoms in total. The van der Waals surface area contributed by atoms with E-state index in [2.05, 4.69) is 42.1 Å². The van der Waals surface area contributed by atoms with Crippen LogP contribution in [0.3, 0.4) is 0 Å². The van der Waals surface area contributed by atoms with Crippen molar-refractivity contribution in [2.45, 2.75) is 0 Å². The molecule has 0 aliphatic carbocycles.